The van der Waals surface area contributed by atoms with Crippen molar-refractivity contribution in [2.45, 2.75) is 25.5 Å². The highest BCUT2D eigenvalue weighted by Gasteiger charge is 2.26. The molecule has 2 aromatic rings. The van der Waals surface area contributed by atoms with Crippen LogP contribution in [-0.4, -0.2) is 36.0 Å². The first-order valence-electron chi connectivity index (χ1n) is 8.02. The Balaban J connectivity index is 1.48. The van der Waals surface area contributed by atoms with Crippen LogP contribution in [0.25, 0.3) is 0 Å². The second-order valence-corrected chi connectivity index (χ2v) is 6.72. The molecule has 6 heteroatoms. The van der Waals surface area contributed by atoms with Crippen LogP contribution in [0.2, 0.25) is 0 Å². The average molecular weight is 344 g/mol. The van der Waals surface area contributed by atoms with Gasteiger partial charge in [-0.15, -0.1) is 11.3 Å². The first-order chi connectivity index (χ1) is 11.7. The van der Waals surface area contributed by atoms with Gasteiger partial charge in [0.25, 0.3) is 5.91 Å². The first kappa shape index (κ1) is 16.5. The van der Waals surface area contributed by atoms with E-state index in [2.05, 4.69) is 5.32 Å². The molecule has 0 aliphatic carbocycles. The van der Waals surface area contributed by atoms with Gasteiger partial charge in [0.15, 0.2) is 0 Å². The second-order valence-electron chi connectivity index (χ2n) is 5.77. The van der Waals surface area contributed by atoms with Crippen molar-refractivity contribution in [3.8, 4) is 0 Å². The summed E-state index contributed by atoms with van der Waals surface area (Å²) < 4.78 is 5.25. The Bertz CT molecular complexity index is 673. The maximum absolute atomic E-state index is 12.4. The molecule has 1 aromatic carbocycles. The van der Waals surface area contributed by atoms with Crippen molar-refractivity contribution >= 4 is 23.3 Å². The third kappa shape index (κ3) is 4.35. The SMILES string of the molecule is O=C(NC1CCCN(C(=O)c2cccs2)C1)OCc1ccccc1. The first-order valence-corrected chi connectivity index (χ1v) is 8.90. The van der Waals surface area contributed by atoms with E-state index >= 15 is 0 Å². The van der Waals surface area contributed by atoms with Crippen LogP contribution >= 0.6 is 11.3 Å². The van der Waals surface area contributed by atoms with Crippen LogP contribution in [0.3, 0.4) is 0 Å². The number of nitrogens with one attached hydrogen (secondary N) is 1. The van der Waals surface area contributed by atoms with E-state index in [1.165, 1.54) is 11.3 Å². The van der Waals surface area contributed by atoms with Gasteiger partial charge in [0.1, 0.15) is 6.61 Å². The molecule has 0 spiro atoms. The highest BCUT2D eigenvalue weighted by Crippen LogP contribution is 2.17. The monoisotopic (exact) mass is 344 g/mol. The van der Waals surface area contributed by atoms with Gasteiger partial charge in [0.05, 0.1) is 4.88 Å². The lowest BCUT2D eigenvalue weighted by atomic mass is 10.1. The van der Waals surface area contributed by atoms with E-state index in [9.17, 15) is 9.59 Å². The zero-order valence-corrected chi connectivity index (χ0v) is 14.1. The van der Waals surface area contributed by atoms with E-state index in [4.69, 9.17) is 4.74 Å². The minimum Gasteiger partial charge on any atom is -0.445 e. The average Bonchev–Trinajstić information content (AvgIpc) is 3.15. The van der Waals surface area contributed by atoms with E-state index in [0.717, 1.165) is 29.8 Å². The van der Waals surface area contributed by atoms with E-state index in [-0.39, 0.29) is 18.6 Å². The molecule has 126 valence electrons. The number of rotatable bonds is 4. The Morgan fingerprint density at radius 1 is 1.21 bits per heavy atom. The minimum absolute atomic E-state index is 0.0363. The number of hydrogen-bond acceptors (Lipinski definition) is 4. The van der Waals surface area contributed by atoms with Crippen LogP contribution < -0.4 is 5.32 Å². The van der Waals surface area contributed by atoms with Crippen molar-refractivity contribution in [2.24, 2.45) is 0 Å². The van der Waals surface area contributed by atoms with Gasteiger partial charge in [-0.05, 0) is 29.9 Å². The van der Waals surface area contributed by atoms with Crippen molar-refractivity contribution < 1.29 is 14.3 Å². The van der Waals surface area contributed by atoms with Crippen LogP contribution in [0.4, 0.5) is 4.79 Å². The number of piperidine rings is 1. The zero-order valence-electron chi connectivity index (χ0n) is 13.3. The summed E-state index contributed by atoms with van der Waals surface area (Å²) in [6, 6.07) is 13.2. The molecule has 1 saturated heterocycles. The maximum atomic E-state index is 12.4. The Labute approximate surface area is 145 Å². The molecule has 3 rings (SSSR count). The molecule has 1 unspecified atom stereocenters. The fourth-order valence-electron chi connectivity index (χ4n) is 2.77. The number of hydrogen-bond donors (Lipinski definition) is 1. The highest BCUT2D eigenvalue weighted by molar-refractivity contribution is 7.12. The number of benzene rings is 1. The van der Waals surface area contributed by atoms with Crippen molar-refractivity contribution in [3.63, 3.8) is 0 Å². The van der Waals surface area contributed by atoms with Crippen LogP contribution in [0, 0.1) is 0 Å². The molecular formula is C18H20N2O3S. The van der Waals surface area contributed by atoms with Gasteiger partial charge < -0.3 is 15.0 Å². The van der Waals surface area contributed by atoms with Gasteiger partial charge in [-0.25, -0.2) is 4.79 Å². The lowest BCUT2D eigenvalue weighted by molar-refractivity contribution is 0.0688. The summed E-state index contributed by atoms with van der Waals surface area (Å²) in [7, 11) is 0. The number of nitrogens with zero attached hydrogens (tertiary/aromatic N) is 1. The molecule has 24 heavy (non-hydrogen) atoms. The summed E-state index contributed by atoms with van der Waals surface area (Å²) in [5.74, 6) is 0.0363. The Morgan fingerprint density at radius 3 is 2.79 bits per heavy atom. The van der Waals surface area contributed by atoms with Gasteiger partial charge in [-0.1, -0.05) is 36.4 Å². The number of thiophene rings is 1. The van der Waals surface area contributed by atoms with Crippen LogP contribution in [0.1, 0.15) is 28.1 Å². The van der Waals surface area contributed by atoms with Gasteiger partial charge >= 0.3 is 6.09 Å². The predicted octanol–water partition coefficient (Wildman–Crippen LogP) is 3.28. The van der Waals surface area contributed by atoms with E-state index in [0.29, 0.717) is 6.54 Å². The Morgan fingerprint density at radius 2 is 2.04 bits per heavy atom. The molecule has 1 aliphatic rings. The fourth-order valence-corrected chi connectivity index (χ4v) is 3.46. The van der Waals surface area contributed by atoms with Gasteiger partial charge in [0.2, 0.25) is 0 Å². The zero-order chi connectivity index (χ0) is 16.8. The molecule has 2 heterocycles. The third-order valence-electron chi connectivity index (χ3n) is 3.98. The van der Waals surface area contributed by atoms with Crippen LogP contribution in [0.15, 0.2) is 47.8 Å². The number of likely N-dealkylation sites (tertiary alicyclic amines) is 1. The molecule has 0 saturated carbocycles. The number of carbonyl (C=O) groups excluding carboxylic acids is 2. The molecule has 1 fully saturated rings. The van der Waals surface area contributed by atoms with E-state index in [1.54, 1.807) is 4.90 Å². The van der Waals surface area contributed by atoms with E-state index in [1.807, 2.05) is 47.8 Å². The summed E-state index contributed by atoms with van der Waals surface area (Å²) >= 11 is 1.44. The van der Waals surface area contributed by atoms with Crippen molar-refractivity contribution in [2.75, 3.05) is 13.1 Å². The van der Waals surface area contributed by atoms with Crippen molar-refractivity contribution in [1.29, 1.82) is 0 Å². The molecule has 1 atom stereocenters. The van der Waals surface area contributed by atoms with E-state index < -0.39 is 6.09 Å². The molecule has 0 bridgehead atoms. The fraction of sp³-hybridized carbons (Fsp3) is 0.333. The largest absolute Gasteiger partial charge is 0.445 e. The molecule has 1 aromatic heterocycles. The summed E-state index contributed by atoms with van der Waals surface area (Å²) in [5.41, 5.74) is 0.950. The number of alkyl carbamates (subject to hydrolysis) is 1. The molecule has 2 amide bonds. The molecule has 0 radical (unpaired) electrons. The number of carbonyl (C=O) groups is 2. The Hall–Kier alpha value is -2.34. The number of amides is 2. The Kier molecular flexibility index (Phi) is 5.48. The molecule has 5 nitrogen and oxygen atoms in total. The topological polar surface area (TPSA) is 58.6 Å². The lowest BCUT2D eigenvalue weighted by Crippen LogP contribution is -2.49. The van der Waals surface area contributed by atoms with Crippen LogP contribution in [-0.2, 0) is 11.3 Å². The van der Waals surface area contributed by atoms with Gasteiger partial charge in [-0.3, -0.25) is 4.79 Å². The summed E-state index contributed by atoms with van der Waals surface area (Å²) in [6.45, 7) is 1.50. The molecule has 1 N–H and O–H groups in total. The van der Waals surface area contributed by atoms with Gasteiger partial charge in [-0.2, -0.15) is 0 Å². The van der Waals surface area contributed by atoms with Crippen molar-refractivity contribution in [1.82, 2.24) is 10.2 Å². The lowest BCUT2D eigenvalue weighted by Gasteiger charge is -2.32. The summed E-state index contributed by atoms with van der Waals surface area (Å²) in [4.78, 5) is 26.9. The standard InChI is InChI=1S/C18H20N2O3S/c21-17(16-9-5-11-24-16)20-10-4-8-15(12-20)19-18(22)23-13-14-6-2-1-3-7-14/h1-3,5-7,9,11,15H,4,8,10,12-13H2,(H,19,22). The summed E-state index contributed by atoms with van der Waals surface area (Å²) in [5, 5.41) is 4.76. The third-order valence-corrected chi connectivity index (χ3v) is 4.83. The summed E-state index contributed by atoms with van der Waals surface area (Å²) in [6.07, 6.45) is 1.30. The van der Waals surface area contributed by atoms with Crippen LogP contribution in [0.5, 0.6) is 0 Å². The van der Waals surface area contributed by atoms with Crippen molar-refractivity contribution in [3.05, 3.63) is 58.3 Å². The normalized spacial score (nSPS) is 17.3. The molecular weight excluding hydrogens is 324 g/mol. The second kappa shape index (κ2) is 7.97. The maximum Gasteiger partial charge on any atom is 0.407 e. The minimum atomic E-state index is -0.436. The highest BCUT2D eigenvalue weighted by atomic mass is 32.1. The quantitative estimate of drug-likeness (QED) is 0.926. The smallest absolute Gasteiger partial charge is 0.407 e. The number of ether oxygens (including phenoxy) is 1. The molecule has 1 aliphatic heterocycles. The predicted molar refractivity (Wildman–Crippen MR) is 93.0 cm³/mol. The van der Waals surface area contributed by atoms with Gasteiger partial charge in [0, 0.05) is 19.1 Å².